The Hall–Kier alpha value is -1.79. The van der Waals surface area contributed by atoms with Crippen molar-refractivity contribution in [2.24, 2.45) is 4.99 Å². The van der Waals surface area contributed by atoms with Gasteiger partial charge < -0.3 is 14.5 Å². The Bertz CT molecular complexity index is 662. The van der Waals surface area contributed by atoms with E-state index < -0.39 is 0 Å². The van der Waals surface area contributed by atoms with Gasteiger partial charge in [0.25, 0.3) is 5.91 Å². The van der Waals surface area contributed by atoms with Gasteiger partial charge in [-0.05, 0) is 42.0 Å². The second-order valence-corrected chi connectivity index (χ2v) is 7.53. The van der Waals surface area contributed by atoms with E-state index in [-0.39, 0.29) is 5.91 Å². The van der Waals surface area contributed by atoms with Crippen molar-refractivity contribution >= 4 is 28.9 Å². The Balaban J connectivity index is 1.60. The second-order valence-electron chi connectivity index (χ2n) is 6.53. The first-order valence-electron chi connectivity index (χ1n) is 8.97. The van der Waals surface area contributed by atoms with Gasteiger partial charge in [-0.2, -0.15) is 4.99 Å². The van der Waals surface area contributed by atoms with Gasteiger partial charge in [0.1, 0.15) is 5.75 Å². The summed E-state index contributed by atoms with van der Waals surface area (Å²) in [5.41, 5.74) is 0.998. The van der Waals surface area contributed by atoms with Gasteiger partial charge in [0.15, 0.2) is 5.17 Å². The van der Waals surface area contributed by atoms with Gasteiger partial charge in [0.05, 0.1) is 44.7 Å². The Kier molecular flexibility index (Phi) is 6.15. The zero-order chi connectivity index (χ0) is 17.6. The van der Waals surface area contributed by atoms with E-state index in [0.29, 0.717) is 4.91 Å². The van der Waals surface area contributed by atoms with Crippen LogP contribution in [-0.4, -0.2) is 55.8 Å². The molecule has 1 amide bonds. The third-order valence-corrected chi connectivity index (χ3v) is 5.49. The predicted octanol–water partition coefficient (Wildman–Crippen LogP) is 1.67. The monoisotopic (exact) mass is 360 g/mol. The molecule has 1 fully saturated rings. The molecule has 6 heteroatoms. The topological polar surface area (TPSA) is 46.3 Å². The molecule has 0 atom stereocenters. The molecule has 0 aromatic heterocycles. The number of likely N-dealkylation sites (N-methyl/N-ethyl adjacent to an activating group) is 1. The normalized spacial score (nSPS) is 20.2. The first kappa shape index (κ1) is 18.0. The highest BCUT2D eigenvalue weighted by Crippen LogP contribution is 2.30. The fourth-order valence-corrected chi connectivity index (χ4v) is 3.72. The number of piperazine rings is 1. The highest BCUT2D eigenvalue weighted by molar-refractivity contribution is 8.18. The number of hydrogen-bond acceptors (Lipinski definition) is 4. The molecule has 25 heavy (non-hydrogen) atoms. The molecule has 0 radical (unpaired) electrons. The van der Waals surface area contributed by atoms with Crippen LogP contribution in [0.25, 0.3) is 6.08 Å². The number of ether oxygens (including phenoxy) is 1. The highest BCUT2D eigenvalue weighted by atomic mass is 32.2. The van der Waals surface area contributed by atoms with E-state index in [0.717, 1.165) is 62.1 Å². The maximum Gasteiger partial charge on any atom is 0.286 e. The number of nitrogens with zero attached hydrogens (tertiary/aromatic N) is 2. The summed E-state index contributed by atoms with van der Waals surface area (Å²) in [6, 6.07) is 7.88. The number of benzene rings is 1. The van der Waals surface area contributed by atoms with Crippen molar-refractivity contribution in [3.05, 3.63) is 34.7 Å². The Morgan fingerprint density at radius 2 is 2.00 bits per heavy atom. The number of rotatable bonds is 5. The van der Waals surface area contributed by atoms with Crippen LogP contribution < -0.4 is 9.64 Å². The first-order valence-corrected chi connectivity index (χ1v) is 9.79. The largest absolute Gasteiger partial charge is 0.494 e. The molecule has 2 heterocycles. The summed E-state index contributed by atoms with van der Waals surface area (Å²) >= 11 is 1.49. The molecule has 2 aliphatic rings. The summed E-state index contributed by atoms with van der Waals surface area (Å²) in [4.78, 5) is 20.9. The molecule has 3 rings (SSSR count). The summed E-state index contributed by atoms with van der Waals surface area (Å²) in [6.45, 7) is 6.99. The number of carbonyl (C=O) groups is 1. The van der Waals surface area contributed by atoms with Crippen molar-refractivity contribution in [2.45, 2.75) is 19.8 Å². The van der Waals surface area contributed by atoms with E-state index in [2.05, 4.69) is 23.9 Å². The molecule has 0 bridgehead atoms. The number of unbranched alkanes of at least 4 members (excludes halogenated alkanes) is 1. The molecule has 1 aromatic carbocycles. The SMILES string of the molecule is CCCCOc1ccc(/C=C2/SC(N3CC[NH+](C)CC3)=NC2=O)cc1. The fraction of sp³-hybridized carbons (Fsp3) is 0.474. The fourth-order valence-electron chi connectivity index (χ4n) is 2.76. The maximum absolute atomic E-state index is 12.2. The number of thioether (sulfide) groups is 1. The molecule has 0 spiro atoms. The molecular formula is C19H26N3O2S+. The zero-order valence-electron chi connectivity index (χ0n) is 15.0. The van der Waals surface area contributed by atoms with E-state index in [9.17, 15) is 4.79 Å². The lowest BCUT2D eigenvalue weighted by molar-refractivity contribution is -0.883. The van der Waals surface area contributed by atoms with Crippen LogP contribution in [0.15, 0.2) is 34.2 Å². The minimum atomic E-state index is -0.130. The lowest BCUT2D eigenvalue weighted by Gasteiger charge is -2.30. The summed E-state index contributed by atoms with van der Waals surface area (Å²) in [6.07, 6.45) is 4.10. The Labute approximate surface area is 153 Å². The van der Waals surface area contributed by atoms with Crippen molar-refractivity contribution in [3.8, 4) is 5.75 Å². The minimum Gasteiger partial charge on any atom is -0.494 e. The molecule has 5 nitrogen and oxygen atoms in total. The van der Waals surface area contributed by atoms with E-state index in [4.69, 9.17) is 4.74 Å². The average molecular weight is 361 g/mol. The zero-order valence-corrected chi connectivity index (χ0v) is 15.8. The third kappa shape index (κ3) is 4.86. The van der Waals surface area contributed by atoms with Gasteiger partial charge in [-0.25, -0.2) is 0 Å². The lowest BCUT2D eigenvalue weighted by atomic mass is 10.2. The van der Waals surface area contributed by atoms with Gasteiger partial charge >= 0.3 is 0 Å². The van der Waals surface area contributed by atoms with Crippen LogP contribution in [0.1, 0.15) is 25.3 Å². The molecule has 1 saturated heterocycles. The molecule has 1 aromatic rings. The van der Waals surface area contributed by atoms with Gasteiger partial charge in [0.2, 0.25) is 0 Å². The van der Waals surface area contributed by atoms with E-state index in [1.54, 1.807) is 0 Å². The van der Waals surface area contributed by atoms with Crippen molar-refractivity contribution < 1.29 is 14.4 Å². The third-order valence-electron chi connectivity index (χ3n) is 4.44. The first-order chi connectivity index (χ1) is 12.2. The molecule has 0 unspecified atom stereocenters. The second kappa shape index (κ2) is 8.54. The summed E-state index contributed by atoms with van der Waals surface area (Å²) in [5, 5.41) is 0.850. The van der Waals surface area contributed by atoms with E-state index >= 15 is 0 Å². The van der Waals surface area contributed by atoms with Crippen molar-refractivity contribution in [1.82, 2.24) is 4.90 Å². The number of carbonyl (C=O) groups excluding carboxylic acids is 1. The highest BCUT2D eigenvalue weighted by Gasteiger charge is 2.28. The predicted molar refractivity (Wildman–Crippen MR) is 103 cm³/mol. The molecular weight excluding hydrogens is 334 g/mol. The number of hydrogen-bond donors (Lipinski definition) is 1. The number of quaternary nitrogens is 1. The summed E-state index contributed by atoms with van der Waals surface area (Å²) < 4.78 is 5.67. The number of amidine groups is 1. The Morgan fingerprint density at radius 3 is 2.68 bits per heavy atom. The van der Waals surface area contributed by atoms with Crippen LogP contribution in [0.5, 0.6) is 5.75 Å². The molecule has 0 aliphatic carbocycles. The molecule has 134 valence electrons. The van der Waals surface area contributed by atoms with Crippen LogP contribution in [0.4, 0.5) is 0 Å². The van der Waals surface area contributed by atoms with Crippen LogP contribution in [0.3, 0.4) is 0 Å². The number of aliphatic imine (C=N–C) groups is 1. The minimum absolute atomic E-state index is 0.130. The van der Waals surface area contributed by atoms with E-state index in [1.165, 1.54) is 16.7 Å². The average Bonchev–Trinajstić information content (AvgIpc) is 2.98. The summed E-state index contributed by atoms with van der Waals surface area (Å²) in [5.74, 6) is 0.743. The molecule has 2 aliphatic heterocycles. The standard InChI is InChI=1S/C19H25N3O2S/c1-3-4-13-24-16-7-5-15(6-8-16)14-17-18(23)20-19(25-17)22-11-9-21(2)10-12-22/h5-8,14H,3-4,9-13H2,1-2H3/p+1/b17-14+. The van der Waals surface area contributed by atoms with Crippen LogP contribution in [-0.2, 0) is 4.79 Å². The Morgan fingerprint density at radius 1 is 1.28 bits per heavy atom. The van der Waals surface area contributed by atoms with E-state index in [1.807, 2.05) is 30.3 Å². The van der Waals surface area contributed by atoms with Gasteiger partial charge in [0, 0.05) is 0 Å². The smallest absolute Gasteiger partial charge is 0.286 e. The summed E-state index contributed by atoms with van der Waals surface area (Å²) in [7, 11) is 2.20. The van der Waals surface area contributed by atoms with Gasteiger partial charge in [-0.1, -0.05) is 25.5 Å². The lowest BCUT2D eigenvalue weighted by Crippen LogP contribution is -3.12. The van der Waals surface area contributed by atoms with Crippen LogP contribution in [0.2, 0.25) is 0 Å². The van der Waals surface area contributed by atoms with Crippen molar-refractivity contribution in [1.29, 1.82) is 0 Å². The van der Waals surface area contributed by atoms with Gasteiger partial charge in [-0.3, -0.25) is 4.79 Å². The number of amides is 1. The van der Waals surface area contributed by atoms with Gasteiger partial charge in [-0.15, -0.1) is 0 Å². The van der Waals surface area contributed by atoms with Crippen molar-refractivity contribution in [3.63, 3.8) is 0 Å². The van der Waals surface area contributed by atoms with Crippen molar-refractivity contribution in [2.75, 3.05) is 39.8 Å². The van der Waals surface area contributed by atoms with Crippen LogP contribution in [0, 0.1) is 0 Å². The van der Waals surface area contributed by atoms with Crippen LogP contribution >= 0.6 is 11.8 Å². The quantitative estimate of drug-likeness (QED) is 0.641. The number of nitrogens with one attached hydrogen (secondary N) is 1. The maximum atomic E-state index is 12.2. The molecule has 0 saturated carbocycles. The molecule has 1 N–H and O–H groups in total.